The first kappa shape index (κ1) is 31.4. The molecule has 212 valence electrons. The Morgan fingerprint density at radius 3 is 2.33 bits per heavy atom. The van der Waals surface area contributed by atoms with Gasteiger partial charge in [0.2, 0.25) is 5.91 Å². The molecule has 0 aliphatic heterocycles. The Hall–Kier alpha value is -3.81. The number of rotatable bonds is 13. The second kappa shape index (κ2) is 15.0. The van der Waals surface area contributed by atoms with Crippen LogP contribution < -0.4 is 15.4 Å². The molecule has 0 saturated carbocycles. The van der Waals surface area contributed by atoms with E-state index in [1.807, 2.05) is 24.3 Å². The van der Waals surface area contributed by atoms with E-state index in [0.717, 1.165) is 24.8 Å². The van der Waals surface area contributed by atoms with Crippen molar-refractivity contribution < 1.29 is 23.9 Å². The third kappa shape index (κ3) is 10.1. The Balaban J connectivity index is 2.45. The van der Waals surface area contributed by atoms with E-state index in [0.29, 0.717) is 30.0 Å². The van der Waals surface area contributed by atoms with Crippen molar-refractivity contribution in [1.82, 2.24) is 10.2 Å². The van der Waals surface area contributed by atoms with Gasteiger partial charge >= 0.3 is 6.09 Å². The van der Waals surface area contributed by atoms with Crippen molar-refractivity contribution in [1.29, 1.82) is 0 Å². The molecule has 0 heterocycles. The number of hydrogen-bond acceptors (Lipinski definition) is 5. The van der Waals surface area contributed by atoms with Gasteiger partial charge in [0, 0.05) is 12.2 Å². The summed E-state index contributed by atoms with van der Waals surface area (Å²) >= 11 is 0. The normalized spacial score (nSPS) is 12.6. The molecule has 2 rings (SSSR count). The van der Waals surface area contributed by atoms with Crippen LogP contribution in [0.5, 0.6) is 5.75 Å². The Bertz CT molecular complexity index is 1110. The van der Waals surface area contributed by atoms with Gasteiger partial charge in [0.25, 0.3) is 5.91 Å². The highest BCUT2D eigenvalue weighted by molar-refractivity contribution is 5.99. The summed E-state index contributed by atoms with van der Waals surface area (Å²) in [6.45, 7) is 13.2. The van der Waals surface area contributed by atoms with Crippen LogP contribution in [0.1, 0.15) is 77.5 Å². The number of carbonyl (C=O) groups excluding carboxylic acids is 3. The third-order valence-electron chi connectivity index (χ3n) is 6.02. The molecule has 0 aliphatic rings. The molecule has 0 fully saturated rings. The van der Waals surface area contributed by atoms with Crippen molar-refractivity contribution >= 4 is 29.7 Å². The van der Waals surface area contributed by atoms with Gasteiger partial charge in [-0.25, -0.2) is 4.79 Å². The molecular formula is C31H43N3O5. The number of hydrogen-bond donors (Lipinski definition) is 2. The first-order valence-corrected chi connectivity index (χ1v) is 13.5. The summed E-state index contributed by atoms with van der Waals surface area (Å²) in [5, 5.41) is 5.59. The predicted molar refractivity (Wildman–Crippen MR) is 156 cm³/mol. The SMILES string of the molecule is C=Cc1cccc(C(C(=O)Nc2ccc(OC)cc2)N(CCCCCC)C(=O)C(C)NC(=O)OC(C)(C)C)c1. The van der Waals surface area contributed by atoms with Crippen LogP contribution in [0.25, 0.3) is 6.08 Å². The van der Waals surface area contributed by atoms with Crippen LogP contribution in [-0.2, 0) is 14.3 Å². The van der Waals surface area contributed by atoms with Crippen molar-refractivity contribution in [3.63, 3.8) is 0 Å². The maximum absolute atomic E-state index is 13.9. The third-order valence-corrected chi connectivity index (χ3v) is 6.02. The fourth-order valence-electron chi connectivity index (χ4n) is 4.08. The summed E-state index contributed by atoms with van der Waals surface area (Å²) in [5.41, 5.74) is 1.34. The van der Waals surface area contributed by atoms with Crippen LogP contribution in [0, 0.1) is 0 Å². The molecule has 0 radical (unpaired) electrons. The van der Waals surface area contributed by atoms with Gasteiger partial charge < -0.3 is 25.0 Å². The molecule has 0 aliphatic carbocycles. The molecule has 2 aromatic carbocycles. The highest BCUT2D eigenvalue weighted by Gasteiger charge is 2.34. The number of carbonyl (C=O) groups is 3. The fraction of sp³-hybridized carbons (Fsp3) is 0.452. The van der Waals surface area contributed by atoms with Gasteiger partial charge in [-0.3, -0.25) is 9.59 Å². The minimum atomic E-state index is -0.941. The number of nitrogens with zero attached hydrogens (tertiary/aromatic N) is 1. The number of ether oxygens (including phenoxy) is 2. The zero-order valence-corrected chi connectivity index (χ0v) is 24.1. The standard InChI is InChI=1S/C31H43N3O5/c1-8-10-11-12-20-34(29(36)22(3)32-30(37)39-31(4,5)6)27(24-15-13-14-23(9-2)21-24)28(35)33-25-16-18-26(38-7)19-17-25/h9,13-19,21-22,27H,2,8,10-12,20H2,1,3-7H3,(H,32,37)(H,33,35). The maximum Gasteiger partial charge on any atom is 0.408 e. The minimum Gasteiger partial charge on any atom is -0.497 e. The molecule has 0 saturated heterocycles. The van der Waals surface area contributed by atoms with Crippen molar-refractivity contribution in [2.45, 2.75) is 78.0 Å². The quantitative estimate of drug-likeness (QED) is 0.291. The van der Waals surface area contributed by atoms with E-state index in [-0.39, 0.29) is 11.8 Å². The summed E-state index contributed by atoms with van der Waals surface area (Å²) < 4.78 is 10.6. The number of anilines is 1. The molecule has 0 aromatic heterocycles. The monoisotopic (exact) mass is 537 g/mol. The van der Waals surface area contributed by atoms with E-state index in [2.05, 4.69) is 24.1 Å². The van der Waals surface area contributed by atoms with Crippen LogP contribution in [0.15, 0.2) is 55.1 Å². The molecule has 2 N–H and O–H groups in total. The predicted octanol–water partition coefficient (Wildman–Crippen LogP) is 6.34. The van der Waals surface area contributed by atoms with Crippen molar-refractivity contribution in [2.24, 2.45) is 0 Å². The molecule has 0 spiro atoms. The molecule has 2 aromatic rings. The van der Waals surface area contributed by atoms with E-state index in [9.17, 15) is 14.4 Å². The van der Waals surface area contributed by atoms with Crippen LogP contribution >= 0.6 is 0 Å². The second-order valence-electron chi connectivity index (χ2n) is 10.5. The van der Waals surface area contributed by atoms with Crippen molar-refractivity contribution in [2.75, 3.05) is 19.0 Å². The van der Waals surface area contributed by atoms with E-state index in [1.54, 1.807) is 70.0 Å². The van der Waals surface area contributed by atoms with Gasteiger partial charge in [-0.15, -0.1) is 0 Å². The van der Waals surface area contributed by atoms with Crippen LogP contribution in [0.3, 0.4) is 0 Å². The minimum absolute atomic E-state index is 0.345. The Morgan fingerprint density at radius 2 is 1.74 bits per heavy atom. The van der Waals surface area contributed by atoms with Gasteiger partial charge in [-0.1, -0.05) is 57.0 Å². The van der Waals surface area contributed by atoms with Gasteiger partial charge in [-0.05, 0) is 75.6 Å². The van der Waals surface area contributed by atoms with E-state index >= 15 is 0 Å². The summed E-state index contributed by atoms with van der Waals surface area (Å²) in [6, 6.07) is 12.5. The molecular weight excluding hydrogens is 494 g/mol. The van der Waals surface area contributed by atoms with E-state index in [1.165, 1.54) is 0 Å². The van der Waals surface area contributed by atoms with E-state index in [4.69, 9.17) is 9.47 Å². The van der Waals surface area contributed by atoms with Crippen molar-refractivity contribution in [3.05, 3.63) is 66.2 Å². The Kier molecular flexibility index (Phi) is 12.0. The summed E-state index contributed by atoms with van der Waals surface area (Å²) in [5.74, 6) is -0.0797. The number of benzene rings is 2. The lowest BCUT2D eigenvalue weighted by Gasteiger charge is -2.34. The van der Waals surface area contributed by atoms with Gasteiger partial charge in [0.1, 0.15) is 23.4 Å². The average Bonchev–Trinajstić information content (AvgIpc) is 2.89. The summed E-state index contributed by atoms with van der Waals surface area (Å²) in [4.78, 5) is 41.7. The van der Waals surface area contributed by atoms with Crippen LogP contribution in [0.2, 0.25) is 0 Å². The molecule has 2 unspecified atom stereocenters. The lowest BCUT2D eigenvalue weighted by atomic mass is 9.99. The first-order valence-electron chi connectivity index (χ1n) is 13.5. The zero-order valence-electron chi connectivity index (χ0n) is 24.1. The van der Waals surface area contributed by atoms with Gasteiger partial charge in [0.15, 0.2) is 0 Å². The van der Waals surface area contributed by atoms with E-state index < -0.39 is 23.8 Å². The van der Waals surface area contributed by atoms with Crippen LogP contribution in [-0.4, -0.2) is 48.1 Å². The van der Waals surface area contributed by atoms with Gasteiger partial charge in [0.05, 0.1) is 7.11 Å². The molecule has 0 bridgehead atoms. The Labute approximate surface area is 232 Å². The molecule has 2 atom stereocenters. The first-order chi connectivity index (χ1) is 18.5. The highest BCUT2D eigenvalue weighted by atomic mass is 16.6. The highest BCUT2D eigenvalue weighted by Crippen LogP contribution is 2.27. The lowest BCUT2D eigenvalue weighted by Crippen LogP contribution is -2.51. The fourth-order valence-corrected chi connectivity index (χ4v) is 4.08. The number of alkyl carbamates (subject to hydrolysis) is 1. The lowest BCUT2D eigenvalue weighted by molar-refractivity contribution is -0.140. The smallest absolute Gasteiger partial charge is 0.408 e. The molecule has 3 amide bonds. The number of methoxy groups -OCH3 is 1. The summed E-state index contributed by atoms with van der Waals surface area (Å²) in [6.07, 6.45) is 4.68. The zero-order chi connectivity index (χ0) is 29.0. The Morgan fingerprint density at radius 1 is 1.05 bits per heavy atom. The number of nitrogens with one attached hydrogen (secondary N) is 2. The van der Waals surface area contributed by atoms with Gasteiger partial charge in [-0.2, -0.15) is 0 Å². The van der Waals surface area contributed by atoms with Crippen molar-refractivity contribution in [3.8, 4) is 5.75 Å². The second-order valence-corrected chi connectivity index (χ2v) is 10.5. The number of amides is 3. The maximum atomic E-state index is 13.9. The number of unbranched alkanes of at least 4 members (excludes halogenated alkanes) is 3. The largest absolute Gasteiger partial charge is 0.497 e. The van der Waals surface area contributed by atoms with Crippen LogP contribution in [0.4, 0.5) is 10.5 Å². The average molecular weight is 538 g/mol. The topological polar surface area (TPSA) is 97.0 Å². The molecule has 39 heavy (non-hydrogen) atoms. The molecule has 8 heteroatoms. The summed E-state index contributed by atoms with van der Waals surface area (Å²) in [7, 11) is 1.57. The molecule has 8 nitrogen and oxygen atoms in total.